The molecule has 2 aromatic heterocycles. The van der Waals surface area contributed by atoms with E-state index in [-0.39, 0.29) is 0 Å². The summed E-state index contributed by atoms with van der Waals surface area (Å²) in [5.74, 6) is 2.52. The monoisotopic (exact) mass is 681 g/mol. The normalized spacial score (nSPS) is 11.5. The van der Waals surface area contributed by atoms with Crippen LogP contribution in [0.1, 0.15) is 29.4 Å². The van der Waals surface area contributed by atoms with Gasteiger partial charge < -0.3 is 0 Å². The van der Waals surface area contributed by atoms with Crippen LogP contribution in [0.15, 0.2) is 183 Å². The van der Waals surface area contributed by atoms with Gasteiger partial charge in [-0.2, -0.15) is 0 Å². The van der Waals surface area contributed by atoms with Gasteiger partial charge in [-0.1, -0.05) is 183 Å². The van der Waals surface area contributed by atoms with Crippen molar-refractivity contribution in [1.82, 2.24) is 24.9 Å². The molecule has 0 amide bonds. The molecule has 0 unspecified atom stereocenters. The lowest BCUT2D eigenvalue weighted by Gasteiger charge is -2.17. The van der Waals surface area contributed by atoms with Gasteiger partial charge in [0.15, 0.2) is 23.3 Å². The second kappa shape index (κ2) is 15.0. The molecule has 0 radical (unpaired) electrons. The Morgan fingerprint density at radius 1 is 0.434 bits per heavy atom. The molecular weight excluding hydrogens is 647 g/mol. The van der Waals surface area contributed by atoms with Crippen LogP contribution < -0.4 is 0 Å². The Hall–Kier alpha value is -7.11. The lowest BCUT2D eigenvalue weighted by atomic mass is 9.89. The van der Waals surface area contributed by atoms with E-state index in [0.717, 1.165) is 67.0 Å². The number of aromatic nitrogens is 5. The summed E-state index contributed by atoms with van der Waals surface area (Å²) in [7, 11) is 0. The van der Waals surface area contributed by atoms with Gasteiger partial charge in [-0.15, -0.1) is 0 Å². The third kappa shape index (κ3) is 7.09. The predicted molar refractivity (Wildman–Crippen MR) is 217 cm³/mol. The van der Waals surface area contributed by atoms with Crippen molar-refractivity contribution in [2.45, 2.75) is 6.92 Å². The Bertz CT molecular complexity index is 2430. The second-order valence-electron chi connectivity index (χ2n) is 12.6. The van der Waals surface area contributed by atoms with E-state index in [0.29, 0.717) is 23.3 Å². The van der Waals surface area contributed by atoms with Gasteiger partial charge in [0, 0.05) is 33.4 Å². The molecule has 53 heavy (non-hydrogen) atoms. The van der Waals surface area contributed by atoms with E-state index in [1.165, 1.54) is 0 Å². The van der Waals surface area contributed by atoms with Gasteiger partial charge in [0.25, 0.3) is 0 Å². The summed E-state index contributed by atoms with van der Waals surface area (Å²) in [5.41, 5.74) is 11.5. The number of hydrogen-bond donors (Lipinski definition) is 0. The van der Waals surface area contributed by atoms with Crippen LogP contribution in [0.4, 0.5) is 0 Å². The third-order valence-corrected chi connectivity index (χ3v) is 9.16. The SMILES string of the molecule is C=Cc1ccccc1/C(=C(\C)c1nc(-c2ccccc2)nc(-c2ccccc2)n1)c1ccc(-c2cc(-c3ccccc3)nc(-c3ccccc3)n2)cc1. The van der Waals surface area contributed by atoms with Crippen LogP contribution in [0.2, 0.25) is 0 Å². The van der Waals surface area contributed by atoms with E-state index in [2.05, 4.69) is 74.2 Å². The van der Waals surface area contributed by atoms with Crippen molar-refractivity contribution in [1.29, 1.82) is 0 Å². The molecule has 252 valence electrons. The highest BCUT2D eigenvalue weighted by molar-refractivity contribution is 5.99. The maximum absolute atomic E-state index is 5.08. The van der Waals surface area contributed by atoms with Crippen LogP contribution in [0.5, 0.6) is 0 Å². The zero-order chi connectivity index (χ0) is 36.0. The molecule has 0 spiro atoms. The number of rotatable bonds is 9. The molecule has 6 aromatic carbocycles. The number of allylic oxidation sites excluding steroid dienone is 1. The van der Waals surface area contributed by atoms with Crippen molar-refractivity contribution < 1.29 is 0 Å². The Labute approximate surface area is 309 Å². The molecule has 8 rings (SSSR count). The quantitative estimate of drug-likeness (QED) is 0.152. The molecule has 8 aromatic rings. The van der Waals surface area contributed by atoms with Crippen LogP contribution >= 0.6 is 0 Å². The van der Waals surface area contributed by atoms with Crippen molar-refractivity contribution >= 4 is 17.2 Å². The molecule has 5 nitrogen and oxygen atoms in total. The van der Waals surface area contributed by atoms with Crippen molar-refractivity contribution in [2.75, 3.05) is 0 Å². The summed E-state index contributed by atoms with van der Waals surface area (Å²) in [6.45, 7) is 6.24. The minimum absolute atomic E-state index is 0.603. The number of hydrogen-bond acceptors (Lipinski definition) is 5. The van der Waals surface area contributed by atoms with Gasteiger partial charge in [-0.25, -0.2) is 24.9 Å². The van der Waals surface area contributed by atoms with Gasteiger partial charge >= 0.3 is 0 Å². The zero-order valence-corrected chi connectivity index (χ0v) is 29.3. The first-order valence-corrected chi connectivity index (χ1v) is 17.6. The lowest BCUT2D eigenvalue weighted by molar-refractivity contribution is 1.03. The second-order valence-corrected chi connectivity index (χ2v) is 12.6. The first-order chi connectivity index (χ1) is 26.1. The highest BCUT2D eigenvalue weighted by Gasteiger charge is 2.19. The standard InChI is InChI=1S/C48H35N5/c1-3-34-18-16-17-27-41(34)44(33(2)45-51-47(39-23-12-6-13-24-39)53-48(52-45)40-25-14-7-15-26-40)37-30-28-36(29-31-37)43-32-42(35-19-8-4-9-20-35)49-46(50-43)38-21-10-5-11-22-38/h3-32H,1H2,2H3/b44-33+. The van der Waals surface area contributed by atoms with E-state index in [1.807, 2.05) is 121 Å². The Morgan fingerprint density at radius 3 is 1.34 bits per heavy atom. The smallest absolute Gasteiger partial charge is 0.164 e. The zero-order valence-electron chi connectivity index (χ0n) is 29.3. The summed E-state index contributed by atoms with van der Waals surface area (Å²) < 4.78 is 0. The first kappa shape index (κ1) is 33.1. The molecule has 0 saturated carbocycles. The van der Waals surface area contributed by atoms with Crippen LogP contribution in [-0.4, -0.2) is 24.9 Å². The lowest BCUT2D eigenvalue weighted by Crippen LogP contribution is -2.04. The minimum Gasteiger partial charge on any atom is -0.228 e. The fraction of sp³-hybridized carbons (Fsp3) is 0.0208. The molecule has 0 aliphatic heterocycles. The van der Waals surface area contributed by atoms with Crippen LogP contribution in [-0.2, 0) is 0 Å². The van der Waals surface area contributed by atoms with Crippen LogP contribution in [0, 0.1) is 0 Å². The molecule has 0 bridgehead atoms. The average Bonchev–Trinajstić information content (AvgIpc) is 3.25. The molecule has 0 fully saturated rings. The Morgan fingerprint density at radius 2 is 0.849 bits per heavy atom. The Kier molecular flexibility index (Phi) is 9.36. The number of nitrogens with zero attached hydrogens (tertiary/aromatic N) is 5. The summed E-state index contributed by atoms with van der Waals surface area (Å²) in [5, 5.41) is 0. The third-order valence-electron chi connectivity index (χ3n) is 9.16. The minimum atomic E-state index is 0.603. The van der Waals surface area contributed by atoms with Gasteiger partial charge in [-0.3, -0.25) is 0 Å². The van der Waals surface area contributed by atoms with Gasteiger partial charge in [0.2, 0.25) is 0 Å². The maximum atomic E-state index is 5.08. The van der Waals surface area contributed by atoms with Gasteiger partial charge in [0.1, 0.15) is 0 Å². The maximum Gasteiger partial charge on any atom is 0.164 e. The van der Waals surface area contributed by atoms with Crippen molar-refractivity contribution in [3.05, 3.63) is 205 Å². The van der Waals surface area contributed by atoms with Crippen molar-refractivity contribution in [3.8, 4) is 56.7 Å². The average molecular weight is 682 g/mol. The van der Waals surface area contributed by atoms with E-state index in [4.69, 9.17) is 24.9 Å². The van der Waals surface area contributed by atoms with Gasteiger partial charge in [0.05, 0.1) is 11.4 Å². The van der Waals surface area contributed by atoms with E-state index in [9.17, 15) is 0 Å². The molecule has 0 atom stereocenters. The topological polar surface area (TPSA) is 64.5 Å². The van der Waals surface area contributed by atoms with Crippen molar-refractivity contribution in [3.63, 3.8) is 0 Å². The molecule has 0 saturated heterocycles. The molecule has 0 aliphatic rings. The molecular formula is C48H35N5. The predicted octanol–water partition coefficient (Wildman–Crippen LogP) is 11.6. The largest absolute Gasteiger partial charge is 0.228 e. The summed E-state index contributed by atoms with van der Waals surface area (Å²) in [6.07, 6.45) is 1.90. The summed E-state index contributed by atoms with van der Waals surface area (Å²) in [6, 6.07) is 59.4. The fourth-order valence-corrected chi connectivity index (χ4v) is 6.44. The first-order valence-electron chi connectivity index (χ1n) is 17.6. The van der Waals surface area contributed by atoms with Gasteiger partial charge in [-0.05, 0) is 35.3 Å². The fourth-order valence-electron chi connectivity index (χ4n) is 6.44. The highest BCUT2D eigenvalue weighted by Crippen LogP contribution is 2.36. The molecule has 0 aliphatic carbocycles. The highest BCUT2D eigenvalue weighted by atomic mass is 15.0. The van der Waals surface area contributed by atoms with E-state index < -0.39 is 0 Å². The van der Waals surface area contributed by atoms with Crippen LogP contribution in [0.3, 0.4) is 0 Å². The molecule has 5 heteroatoms. The van der Waals surface area contributed by atoms with Crippen LogP contribution in [0.25, 0.3) is 73.9 Å². The summed E-state index contributed by atoms with van der Waals surface area (Å²) in [4.78, 5) is 25.1. The summed E-state index contributed by atoms with van der Waals surface area (Å²) >= 11 is 0. The number of benzene rings is 6. The Balaban J connectivity index is 1.29. The molecule has 2 heterocycles. The van der Waals surface area contributed by atoms with Crippen molar-refractivity contribution in [2.24, 2.45) is 0 Å². The van der Waals surface area contributed by atoms with E-state index >= 15 is 0 Å². The molecule has 0 N–H and O–H groups in total. The van der Waals surface area contributed by atoms with E-state index in [1.54, 1.807) is 0 Å².